The van der Waals surface area contributed by atoms with Gasteiger partial charge in [-0.05, 0) is 31.2 Å². The van der Waals surface area contributed by atoms with Crippen LogP contribution in [0.4, 0.5) is 11.6 Å². The third-order valence-electron chi connectivity index (χ3n) is 3.62. The van der Waals surface area contributed by atoms with Crippen molar-refractivity contribution in [2.45, 2.75) is 6.92 Å². The number of rotatable bonds is 4. The summed E-state index contributed by atoms with van der Waals surface area (Å²) in [5.74, 6) is 0.932. The fourth-order valence-electron chi connectivity index (χ4n) is 2.36. The van der Waals surface area contributed by atoms with Gasteiger partial charge in [0, 0.05) is 31.2 Å². The Labute approximate surface area is 145 Å². The summed E-state index contributed by atoms with van der Waals surface area (Å²) in [5.41, 5.74) is 2.44. The first kappa shape index (κ1) is 16.6. The molecule has 0 aliphatic rings. The predicted octanol–water partition coefficient (Wildman–Crippen LogP) is 2.66. The Hall–Kier alpha value is -3.22. The van der Waals surface area contributed by atoms with Gasteiger partial charge < -0.3 is 15.0 Å². The highest BCUT2D eigenvalue weighted by Crippen LogP contribution is 2.22. The van der Waals surface area contributed by atoms with Crippen molar-refractivity contribution >= 4 is 28.4 Å². The van der Waals surface area contributed by atoms with E-state index in [0.717, 1.165) is 22.3 Å². The number of carbonyl (C=O) groups is 1. The molecule has 3 aromatic rings. The van der Waals surface area contributed by atoms with Crippen molar-refractivity contribution in [3.8, 4) is 5.75 Å². The Morgan fingerprint density at radius 3 is 2.68 bits per heavy atom. The van der Waals surface area contributed by atoms with Crippen LogP contribution in [-0.2, 0) is 0 Å². The SMILES string of the molecule is COc1ccc2cc(NC(=O)c3cc(C)nc(N(C)C)n3)cnc2c1. The van der Waals surface area contributed by atoms with E-state index in [1.165, 1.54) is 0 Å². The molecule has 1 N–H and O–H groups in total. The van der Waals surface area contributed by atoms with Gasteiger partial charge in [0.1, 0.15) is 11.4 Å². The quantitative estimate of drug-likeness (QED) is 0.788. The number of amides is 1. The van der Waals surface area contributed by atoms with Crippen molar-refractivity contribution in [3.05, 3.63) is 47.9 Å². The standard InChI is InChI=1S/C18H19N5O2/c1-11-7-16(22-18(20-11)23(2)3)17(24)21-13-8-12-5-6-14(25-4)9-15(12)19-10-13/h5-10H,1-4H3,(H,21,24). The van der Waals surface area contributed by atoms with Crippen LogP contribution in [0.2, 0.25) is 0 Å². The van der Waals surface area contributed by atoms with E-state index in [2.05, 4.69) is 20.3 Å². The highest BCUT2D eigenvalue weighted by molar-refractivity contribution is 6.03. The largest absolute Gasteiger partial charge is 0.497 e. The van der Waals surface area contributed by atoms with Crippen LogP contribution in [0.5, 0.6) is 5.75 Å². The summed E-state index contributed by atoms with van der Waals surface area (Å²) in [5, 5.41) is 3.74. The monoisotopic (exact) mass is 337 g/mol. The van der Waals surface area contributed by atoms with Gasteiger partial charge in [-0.1, -0.05) is 0 Å². The number of benzene rings is 1. The van der Waals surface area contributed by atoms with E-state index in [1.807, 2.05) is 45.3 Å². The zero-order valence-electron chi connectivity index (χ0n) is 14.6. The molecule has 0 atom stereocenters. The van der Waals surface area contributed by atoms with Gasteiger partial charge in [-0.2, -0.15) is 0 Å². The average Bonchev–Trinajstić information content (AvgIpc) is 2.60. The van der Waals surface area contributed by atoms with E-state index in [0.29, 0.717) is 17.3 Å². The Kier molecular flexibility index (Phi) is 4.47. The molecule has 0 unspecified atom stereocenters. The molecule has 0 saturated carbocycles. The smallest absolute Gasteiger partial charge is 0.274 e. The second-order valence-electron chi connectivity index (χ2n) is 5.83. The van der Waals surface area contributed by atoms with Gasteiger partial charge in [-0.15, -0.1) is 0 Å². The van der Waals surface area contributed by atoms with E-state index in [4.69, 9.17) is 4.74 Å². The summed E-state index contributed by atoms with van der Waals surface area (Å²) in [6.45, 7) is 1.83. The van der Waals surface area contributed by atoms with Crippen molar-refractivity contribution in [2.75, 3.05) is 31.4 Å². The topological polar surface area (TPSA) is 80.2 Å². The second-order valence-corrected chi connectivity index (χ2v) is 5.83. The van der Waals surface area contributed by atoms with Crippen LogP contribution in [0.3, 0.4) is 0 Å². The maximum atomic E-state index is 12.5. The number of pyridine rings is 1. The number of anilines is 2. The lowest BCUT2D eigenvalue weighted by molar-refractivity contribution is 0.102. The summed E-state index contributed by atoms with van der Waals surface area (Å²) in [7, 11) is 5.28. The number of carbonyl (C=O) groups excluding carboxylic acids is 1. The molecule has 0 bridgehead atoms. The second kappa shape index (κ2) is 6.72. The molecule has 7 heteroatoms. The molecular formula is C18H19N5O2. The summed E-state index contributed by atoms with van der Waals surface area (Å²) in [4.78, 5) is 27.2. The van der Waals surface area contributed by atoms with E-state index in [9.17, 15) is 4.79 Å². The van der Waals surface area contributed by atoms with E-state index in [1.54, 1.807) is 24.3 Å². The summed E-state index contributed by atoms with van der Waals surface area (Å²) < 4.78 is 5.19. The van der Waals surface area contributed by atoms with Crippen LogP contribution < -0.4 is 15.0 Å². The number of hydrogen-bond acceptors (Lipinski definition) is 6. The number of methoxy groups -OCH3 is 1. The number of hydrogen-bond donors (Lipinski definition) is 1. The van der Waals surface area contributed by atoms with Gasteiger partial charge in [-0.3, -0.25) is 9.78 Å². The van der Waals surface area contributed by atoms with E-state index >= 15 is 0 Å². The molecule has 3 rings (SSSR count). The highest BCUT2D eigenvalue weighted by Gasteiger charge is 2.12. The van der Waals surface area contributed by atoms with Gasteiger partial charge in [0.15, 0.2) is 0 Å². The zero-order chi connectivity index (χ0) is 18.0. The van der Waals surface area contributed by atoms with Crippen molar-refractivity contribution in [2.24, 2.45) is 0 Å². The fourth-order valence-corrected chi connectivity index (χ4v) is 2.36. The van der Waals surface area contributed by atoms with Crippen LogP contribution in [0.15, 0.2) is 36.5 Å². The van der Waals surface area contributed by atoms with Crippen LogP contribution in [0.1, 0.15) is 16.2 Å². The van der Waals surface area contributed by atoms with Crippen molar-refractivity contribution in [1.82, 2.24) is 15.0 Å². The minimum absolute atomic E-state index is 0.303. The van der Waals surface area contributed by atoms with Crippen LogP contribution in [-0.4, -0.2) is 42.1 Å². The molecule has 0 saturated heterocycles. The number of fused-ring (bicyclic) bond motifs is 1. The molecule has 7 nitrogen and oxygen atoms in total. The Bertz CT molecular complexity index is 940. The lowest BCUT2D eigenvalue weighted by Gasteiger charge is -2.12. The van der Waals surface area contributed by atoms with Gasteiger partial charge >= 0.3 is 0 Å². The minimum atomic E-state index is -0.303. The summed E-state index contributed by atoms with van der Waals surface area (Å²) in [6, 6.07) is 9.11. The van der Waals surface area contributed by atoms with Crippen LogP contribution >= 0.6 is 0 Å². The number of nitrogens with zero attached hydrogens (tertiary/aromatic N) is 4. The van der Waals surface area contributed by atoms with E-state index in [-0.39, 0.29) is 5.91 Å². The minimum Gasteiger partial charge on any atom is -0.497 e. The maximum absolute atomic E-state index is 12.5. The molecule has 0 aliphatic carbocycles. The van der Waals surface area contributed by atoms with Crippen LogP contribution in [0, 0.1) is 6.92 Å². The third-order valence-corrected chi connectivity index (χ3v) is 3.62. The van der Waals surface area contributed by atoms with Gasteiger partial charge in [-0.25, -0.2) is 9.97 Å². The Morgan fingerprint density at radius 2 is 1.96 bits per heavy atom. The first-order valence-electron chi connectivity index (χ1n) is 7.74. The van der Waals surface area contributed by atoms with Gasteiger partial charge in [0.05, 0.1) is 24.5 Å². The molecule has 25 heavy (non-hydrogen) atoms. The third kappa shape index (κ3) is 3.65. The zero-order valence-corrected chi connectivity index (χ0v) is 14.6. The number of ether oxygens (including phenoxy) is 1. The molecule has 0 fully saturated rings. The normalized spacial score (nSPS) is 10.6. The molecule has 2 heterocycles. The van der Waals surface area contributed by atoms with Crippen molar-refractivity contribution < 1.29 is 9.53 Å². The first-order valence-corrected chi connectivity index (χ1v) is 7.74. The summed E-state index contributed by atoms with van der Waals surface area (Å²) in [6.07, 6.45) is 1.61. The fraction of sp³-hybridized carbons (Fsp3) is 0.222. The maximum Gasteiger partial charge on any atom is 0.274 e. The Morgan fingerprint density at radius 1 is 1.16 bits per heavy atom. The number of nitrogens with one attached hydrogen (secondary N) is 1. The molecule has 1 aromatic carbocycles. The van der Waals surface area contributed by atoms with Crippen LogP contribution in [0.25, 0.3) is 10.9 Å². The Balaban J connectivity index is 1.86. The van der Waals surface area contributed by atoms with Crippen molar-refractivity contribution in [3.63, 3.8) is 0 Å². The molecular weight excluding hydrogens is 318 g/mol. The first-order chi connectivity index (χ1) is 12.0. The van der Waals surface area contributed by atoms with E-state index < -0.39 is 0 Å². The molecule has 128 valence electrons. The average molecular weight is 337 g/mol. The molecule has 0 aliphatic heterocycles. The molecule has 0 spiro atoms. The highest BCUT2D eigenvalue weighted by atomic mass is 16.5. The number of aromatic nitrogens is 3. The summed E-state index contributed by atoms with van der Waals surface area (Å²) >= 11 is 0. The molecule has 0 radical (unpaired) electrons. The van der Waals surface area contributed by atoms with Crippen molar-refractivity contribution in [1.29, 1.82) is 0 Å². The molecule has 2 aromatic heterocycles. The lowest BCUT2D eigenvalue weighted by Crippen LogP contribution is -2.19. The van der Waals surface area contributed by atoms with Gasteiger partial charge in [0.25, 0.3) is 5.91 Å². The lowest BCUT2D eigenvalue weighted by atomic mass is 10.2. The number of aryl methyl sites for hydroxylation is 1. The molecule has 1 amide bonds. The predicted molar refractivity (Wildman–Crippen MR) is 97.3 cm³/mol. The van der Waals surface area contributed by atoms with Gasteiger partial charge in [0.2, 0.25) is 5.95 Å².